The summed E-state index contributed by atoms with van der Waals surface area (Å²) in [6, 6.07) is 11.3. The molecule has 1 aromatic heterocycles. The summed E-state index contributed by atoms with van der Waals surface area (Å²) in [4.78, 5) is 5.48. The molecule has 0 fully saturated rings. The molecule has 0 saturated carbocycles. The standard InChI is InChI=1S/C22H24F2N2O2/c1-26(2)12-11-14-13-25-17-6-4-8-20(21(14)17)27-19-10-9-16-15(19)5-3-7-18(16)28-22(23)24/h3-8,13,19,22,25H,9-12H2,1-2H3/t19-/m1/s1. The molecule has 28 heavy (non-hydrogen) atoms. The molecule has 0 amide bonds. The molecular formula is C22H24F2N2O2. The van der Waals surface area contributed by atoms with Crippen molar-refractivity contribution >= 4 is 10.9 Å². The first-order chi connectivity index (χ1) is 13.5. The zero-order valence-electron chi connectivity index (χ0n) is 16.0. The summed E-state index contributed by atoms with van der Waals surface area (Å²) in [5.74, 6) is 1.08. The molecule has 4 nitrogen and oxygen atoms in total. The van der Waals surface area contributed by atoms with Crippen molar-refractivity contribution in [2.45, 2.75) is 32.0 Å². The summed E-state index contributed by atoms with van der Waals surface area (Å²) >= 11 is 0. The number of H-pyrrole nitrogens is 1. The molecule has 1 heterocycles. The van der Waals surface area contributed by atoms with Gasteiger partial charge in [-0.2, -0.15) is 8.78 Å². The molecule has 148 valence electrons. The summed E-state index contributed by atoms with van der Waals surface area (Å²) in [5, 5.41) is 1.10. The van der Waals surface area contributed by atoms with Crippen LogP contribution in [0.1, 0.15) is 29.2 Å². The minimum Gasteiger partial charge on any atom is -0.485 e. The first-order valence-corrected chi connectivity index (χ1v) is 9.50. The summed E-state index contributed by atoms with van der Waals surface area (Å²) in [7, 11) is 4.11. The topological polar surface area (TPSA) is 37.5 Å². The van der Waals surface area contributed by atoms with Gasteiger partial charge < -0.3 is 19.4 Å². The molecule has 4 rings (SSSR count). The molecule has 1 aliphatic rings. The lowest BCUT2D eigenvalue weighted by atomic mass is 10.1. The van der Waals surface area contributed by atoms with Crippen LogP contribution in [0.25, 0.3) is 10.9 Å². The average molecular weight is 386 g/mol. The Morgan fingerprint density at radius 2 is 1.93 bits per heavy atom. The molecule has 1 N–H and O–H groups in total. The molecule has 1 aliphatic carbocycles. The van der Waals surface area contributed by atoms with Crippen LogP contribution in [0.4, 0.5) is 8.78 Å². The highest BCUT2D eigenvalue weighted by Gasteiger charge is 2.28. The van der Waals surface area contributed by atoms with E-state index in [1.165, 1.54) is 5.56 Å². The molecule has 0 saturated heterocycles. The van der Waals surface area contributed by atoms with Crippen molar-refractivity contribution in [3.05, 3.63) is 59.3 Å². The first kappa shape index (κ1) is 18.7. The third kappa shape index (κ3) is 3.69. The quantitative estimate of drug-likeness (QED) is 0.625. The van der Waals surface area contributed by atoms with Crippen molar-refractivity contribution in [3.63, 3.8) is 0 Å². The number of alkyl halides is 2. The third-order valence-corrected chi connectivity index (χ3v) is 5.24. The minimum atomic E-state index is -2.82. The van der Waals surface area contributed by atoms with Crippen LogP contribution in [0.2, 0.25) is 0 Å². The Morgan fingerprint density at radius 3 is 2.71 bits per heavy atom. The fraction of sp³-hybridized carbons (Fsp3) is 0.364. The van der Waals surface area contributed by atoms with E-state index in [0.717, 1.165) is 47.2 Å². The number of nitrogens with one attached hydrogen (secondary N) is 1. The Bertz CT molecular complexity index is 968. The van der Waals surface area contributed by atoms with E-state index in [-0.39, 0.29) is 11.9 Å². The predicted octanol–water partition coefficient (Wildman–Crippen LogP) is 4.94. The number of fused-ring (bicyclic) bond motifs is 2. The Labute approximate surface area is 163 Å². The fourth-order valence-electron chi connectivity index (χ4n) is 3.92. The Morgan fingerprint density at radius 1 is 1.14 bits per heavy atom. The first-order valence-electron chi connectivity index (χ1n) is 9.50. The van der Waals surface area contributed by atoms with Crippen molar-refractivity contribution in [2.24, 2.45) is 0 Å². The molecule has 0 radical (unpaired) electrons. The van der Waals surface area contributed by atoms with Crippen molar-refractivity contribution < 1.29 is 18.3 Å². The molecule has 1 atom stereocenters. The van der Waals surface area contributed by atoms with E-state index in [4.69, 9.17) is 4.74 Å². The molecule has 3 aromatic rings. The fourth-order valence-corrected chi connectivity index (χ4v) is 3.92. The number of likely N-dealkylation sites (N-methyl/N-ethyl adjacent to an activating group) is 1. The molecular weight excluding hydrogens is 362 g/mol. The van der Waals surface area contributed by atoms with Crippen LogP contribution in [-0.4, -0.2) is 37.1 Å². The number of aromatic amines is 1. The number of nitrogens with zero attached hydrogens (tertiary/aromatic N) is 1. The second-order valence-corrected chi connectivity index (χ2v) is 7.39. The van der Waals surface area contributed by atoms with E-state index in [1.807, 2.05) is 30.5 Å². The zero-order chi connectivity index (χ0) is 19.7. The maximum atomic E-state index is 12.7. The maximum Gasteiger partial charge on any atom is 0.387 e. The van der Waals surface area contributed by atoms with Gasteiger partial charge in [0.2, 0.25) is 0 Å². The highest BCUT2D eigenvalue weighted by atomic mass is 19.3. The van der Waals surface area contributed by atoms with Crippen molar-refractivity contribution in [1.29, 1.82) is 0 Å². The monoisotopic (exact) mass is 386 g/mol. The molecule has 2 aromatic carbocycles. The largest absolute Gasteiger partial charge is 0.485 e. The van der Waals surface area contributed by atoms with Crippen LogP contribution >= 0.6 is 0 Å². The van der Waals surface area contributed by atoms with Crippen LogP contribution in [0.3, 0.4) is 0 Å². The molecule has 6 heteroatoms. The summed E-state index contributed by atoms with van der Waals surface area (Å²) in [6.45, 7) is -1.87. The lowest BCUT2D eigenvalue weighted by Crippen LogP contribution is -2.15. The summed E-state index contributed by atoms with van der Waals surface area (Å²) < 4.78 is 36.5. The van der Waals surface area contributed by atoms with E-state index in [0.29, 0.717) is 6.42 Å². The number of rotatable bonds is 7. The van der Waals surface area contributed by atoms with Crippen LogP contribution in [0.5, 0.6) is 11.5 Å². The lowest BCUT2D eigenvalue weighted by molar-refractivity contribution is -0.0504. The SMILES string of the molecule is CN(C)CCc1c[nH]c2cccc(O[C@@H]3CCc4c(OC(F)F)cccc43)c12. The van der Waals surface area contributed by atoms with Gasteiger partial charge in [0, 0.05) is 29.2 Å². The van der Waals surface area contributed by atoms with E-state index in [9.17, 15) is 8.78 Å². The van der Waals surface area contributed by atoms with Crippen LogP contribution < -0.4 is 9.47 Å². The number of hydrogen-bond acceptors (Lipinski definition) is 3. The third-order valence-electron chi connectivity index (χ3n) is 5.24. The van der Waals surface area contributed by atoms with Gasteiger partial charge in [-0.1, -0.05) is 18.2 Å². The summed E-state index contributed by atoms with van der Waals surface area (Å²) in [5.41, 5.74) is 4.01. The summed E-state index contributed by atoms with van der Waals surface area (Å²) in [6.07, 6.45) is 4.20. The van der Waals surface area contributed by atoms with E-state index >= 15 is 0 Å². The van der Waals surface area contributed by atoms with Gasteiger partial charge in [-0.15, -0.1) is 0 Å². The molecule has 0 aliphatic heterocycles. The van der Waals surface area contributed by atoms with Crippen LogP contribution in [-0.2, 0) is 12.8 Å². The number of aromatic nitrogens is 1. The minimum absolute atomic E-state index is 0.168. The van der Waals surface area contributed by atoms with Gasteiger partial charge in [0.05, 0.1) is 0 Å². The molecule has 0 spiro atoms. The number of hydrogen-bond donors (Lipinski definition) is 1. The van der Waals surface area contributed by atoms with Gasteiger partial charge in [0.25, 0.3) is 0 Å². The van der Waals surface area contributed by atoms with Gasteiger partial charge in [0.15, 0.2) is 0 Å². The van der Waals surface area contributed by atoms with Gasteiger partial charge in [0.1, 0.15) is 17.6 Å². The van der Waals surface area contributed by atoms with Crippen LogP contribution in [0.15, 0.2) is 42.6 Å². The van der Waals surface area contributed by atoms with Gasteiger partial charge in [-0.25, -0.2) is 0 Å². The highest BCUT2D eigenvalue weighted by Crippen LogP contribution is 2.41. The molecule has 0 bridgehead atoms. The van der Waals surface area contributed by atoms with Crippen LogP contribution in [0, 0.1) is 0 Å². The number of halogens is 2. The smallest absolute Gasteiger partial charge is 0.387 e. The van der Waals surface area contributed by atoms with Gasteiger partial charge in [-0.3, -0.25) is 0 Å². The van der Waals surface area contributed by atoms with Crippen molar-refractivity contribution in [2.75, 3.05) is 20.6 Å². The highest BCUT2D eigenvalue weighted by molar-refractivity contribution is 5.89. The second kappa shape index (κ2) is 7.80. The number of benzene rings is 2. The Kier molecular flexibility index (Phi) is 5.22. The maximum absolute atomic E-state index is 12.7. The van der Waals surface area contributed by atoms with E-state index in [2.05, 4.69) is 28.7 Å². The van der Waals surface area contributed by atoms with E-state index in [1.54, 1.807) is 12.1 Å². The van der Waals surface area contributed by atoms with Gasteiger partial charge in [-0.05, 0) is 62.7 Å². The average Bonchev–Trinajstić information content (AvgIpc) is 3.25. The lowest BCUT2D eigenvalue weighted by Gasteiger charge is -2.17. The zero-order valence-corrected chi connectivity index (χ0v) is 16.0. The predicted molar refractivity (Wildman–Crippen MR) is 105 cm³/mol. The number of ether oxygens (including phenoxy) is 2. The van der Waals surface area contributed by atoms with Crippen molar-refractivity contribution in [3.8, 4) is 11.5 Å². The Balaban J connectivity index is 1.63. The molecule has 0 unspecified atom stereocenters. The van der Waals surface area contributed by atoms with E-state index < -0.39 is 6.61 Å². The van der Waals surface area contributed by atoms with Crippen molar-refractivity contribution in [1.82, 2.24) is 9.88 Å². The normalized spacial score (nSPS) is 16.1. The van der Waals surface area contributed by atoms with Gasteiger partial charge >= 0.3 is 6.61 Å². The Hall–Kier alpha value is -2.60. The second-order valence-electron chi connectivity index (χ2n) is 7.39.